The topological polar surface area (TPSA) is 72.3 Å². The highest BCUT2D eigenvalue weighted by atomic mass is 16.1. The number of nitrogens with two attached hydrogens (primary N) is 2. The Balaban J connectivity index is 2.44. The molecule has 4 heteroatoms. The molecule has 0 radical (unpaired) electrons. The molecule has 2 atom stereocenters. The molecule has 1 saturated carbocycles. The van der Waals surface area contributed by atoms with Gasteiger partial charge in [-0.1, -0.05) is 6.42 Å². The second kappa shape index (κ2) is 4.58. The van der Waals surface area contributed by atoms with Gasteiger partial charge in [0.1, 0.15) is 0 Å². The van der Waals surface area contributed by atoms with E-state index >= 15 is 0 Å². The Morgan fingerprint density at radius 1 is 1.54 bits per heavy atom. The van der Waals surface area contributed by atoms with Gasteiger partial charge in [-0.05, 0) is 32.4 Å². The van der Waals surface area contributed by atoms with Gasteiger partial charge in [0.2, 0.25) is 5.91 Å². The van der Waals surface area contributed by atoms with Gasteiger partial charge >= 0.3 is 0 Å². The Kier molecular flexibility index (Phi) is 3.69. The summed E-state index contributed by atoms with van der Waals surface area (Å²) in [6.07, 6.45) is 3.55. The molecule has 13 heavy (non-hydrogen) atoms. The first-order valence-electron chi connectivity index (χ1n) is 4.83. The number of hydrogen-bond acceptors (Lipinski definition) is 3. The Labute approximate surface area is 79.3 Å². The molecule has 0 bridgehead atoms. The molecule has 0 heterocycles. The molecule has 1 fully saturated rings. The first-order chi connectivity index (χ1) is 6.15. The van der Waals surface area contributed by atoms with Gasteiger partial charge in [-0.3, -0.25) is 9.69 Å². The van der Waals surface area contributed by atoms with Crippen LogP contribution in [0.3, 0.4) is 0 Å². The predicted molar refractivity (Wildman–Crippen MR) is 52.0 cm³/mol. The van der Waals surface area contributed by atoms with Gasteiger partial charge in [0.05, 0.1) is 6.54 Å². The van der Waals surface area contributed by atoms with E-state index in [4.69, 9.17) is 11.5 Å². The summed E-state index contributed by atoms with van der Waals surface area (Å²) in [5.41, 5.74) is 10.8. The van der Waals surface area contributed by atoms with Crippen LogP contribution in [0, 0.1) is 5.92 Å². The minimum absolute atomic E-state index is 0.259. The number of carbonyl (C=O) groups is 1. The van der Waals surface area contributed by atoms with Crippen LogP contribution in [-0.2, 0) is 4.79 Å². The number of rotatable bonds is 4. The van der Waals surface area contributed by atoms with Crippen molar-refractivity contribution in [3.63, 3.8) is 0 Å². The molecule has 2 unspecified atom stereocenters. The molecule has 0 aromatic carbocycles. The molecule has 4 N–H and O–H groups in total. The van der Waals surface area contributed by atoms with Crippen molar-refractivity contribution in [1.29, 1.82) is 0 Å². The number of nitrogens with zero attached hydrogens (tertiary/aromatic N) is 1. The van der Waals surface area contributed by atoms with Crippen LogP contribution in [-0.4, -0.2) is 37.0 Å². The summed E-state index contributed by atoms with van der Waals surface area (Å²) in [7, 11) is 1.95. The third kappa shape index (κ3) is 2.67. The summed E-state index contributed by atoms with van der Waals surface area (Å²) in [5, 5.41) is 0. The van der Waals surface area contributed by atoms with Crippen molar-refractivity contribution in [1.82, 2.24) is 4.90 Å². The summed E-state index contributed by atoms with van der Waals surface area (Å²) in [6, 6.07) is 0.456. The van der Waals surface area contributed by atoms with Gasteiger partial charge < -0.3 is 11.5 Å². The number of amides is 1. The predicted octanol–water partition coefficient (Wildman–Crippen LogP) is -0.469. The van der Waals surface area contributed by atoms with Gasteiger partial charge in [-0.15, -0.1) is 0 Å². The SMILES string of the molecule is CN(CC(N)=O)C1CCCC1CN. The van der Waals surface area contributed by atoms with Crippen molar-refractivity contribution in [2.45, 2.75) is 25.3 Å². The molecule has 1 amide bonds. The lowest BCUT2D eigenvalue weighted by Crippen LogP contribution is -2.42. The summed E-state index contributed by atoms with van der Waals surface area (Å²) in [5.74, 6) is 0.287. The second-order valence-electron chi connectivity index (χ2n) is 3.88. The molecular weight excluding hydrogens is 166 g/mol. The van der Waals surface area contributed by atoms with Crippen LogP contribution in [0.1, 0.15) is 19.3 Å². The molecule has 0 saturated heterocycles. The van der Waals surface area contributed by atoms with E-state index in [-0.39, 0.29) is 5.91 Å². The Hall–Kier alpha value is -0.610. The molecule has 1 aliphatic rings. The lowest BCUT2D eigenvalue weighted by molar-refractivity contribution is -0.119. The first kappa shape index (κ1) is 10.5. The van der Waals surface area contributed by atoms with Crippen LogP contribution in [0.4, 0.5) is 0 Å². The fourth-order valence-corrected chi connectivity index (χ4v) is 2.24. The standard InChI is InChI=1S/C9H19N3O/c1-12(6-9(11)13)8-4-2-3-7(8)5-10/h7-8H,2-6,10H2,1H3,(H2,11,13). The van der Waals surface area contributed by atoms with Crippen LogP contribution in [0.15, 0.2) is 0 Å². The maximum atomic E-state index is 10.7. The zero-order valence-corrected chi connectivity index (χ0v) is 8.20. The van der Waals surface area contributed by atoms with E-state index in [0.29, 0.717) is 25.0 Å². The quantitative estimate of drug-likeness (QED) is 0.622. The van der Waals surface area contributed by atoms with Crippen molar-refractivity contribution in [2.24, 2.45) is 17.4 Å². The largest absolute Gasteiger partial charge is 0.369 e. The maximum Gasteiger partial charge on any atom is 0.231 e. The van der Waals surface area contributed by atoms with E-state index in [9.17, 15) is 4.79 Å². The van der Waals surface area contributed by atoms with Gasteiger partial charge in [-0.25, -0.2) is 0 Å². The summed E-state index contributed by atoms with van der Waals surface area (Å²) in [4.78, 5) is 12.7. The monoisotopic (exact) mass is 185 g/mol. The second-order valence-corrected chi connectivity index (χ2v) is 3.88. The highest BCUT2D eigenvalue weighted by Crippen LogP contribution is 2.28. The normalized spacial score (nSPS) is 28.2. The average Bonchev–Trinajstić information content (AvgIpc) is 2.49. The summed E-state index contributed by atoms with van der Waals surface area (Å²) >= 11 is 0. The third-order valence-corrected chi connectivity index (χ3v) is 2.89. The Bertz CT molecular complexity index is 184. The average molecular weight is 185 g/mol. The molecular formula is C9H19N3O. The van der Waals surface area contributed by atoms with Gasteiger partial charge in [0.15, 0.2) is 0 Å². The van der Waals surface area contributed by atoms with Gasteiger partial charge in [0, 0.05) is 6.04 Å². The van der Waals surface area contributed by atoms with E-state index < -0.39 is 0 Å². The molecule has 0 aliphatic heterocycles. The third-order valence-electron chi connectivity index (χ3n) is 2.89. The van der Waals surface area contributed by atoms with Crippen molar-refractivity contribution >= 4 is 5.91 Å². The van der Waals surface area contributed by atoms with E-state index in [0.717, 1.165) is 6.42 Å². The Morgan fingerprint density at radius 2 is 2.23 bits per heavy atom. The summed E-state index contributed by atoms with van der Waals surface area (Å²) in [6.45, 7) is 1.06. The molecule has 1 aliphatic carbocycles. The minimum Gasteiger partial charge on any atom is -0.369 e. The fourth-order valence-electron chi connectivity index (χ4n) is 2.24. The summed E-state index contributed by atoms with van der Waals surface area (Å²) < 4.78 is 0. The van der Waals surface area contributed by atoms with E-state index in [1.807, 2.05) is 11.9 Å². The van der Waals surface area contributed by atoms with Crippen LogP contribution < -0.4 is 11.5 Å². The fraction of sp³-hybridized carbons (Fsp3) is 0.889. The van der Waals surface area contributed by atoms with Gasteiger partial charge in [0.25, 0.3) is 0 Å². The van der Waals surface area contributed by atoms with Crippen LogP contribution in [0.25, 0.3) is 0 Å². The minimum atomic E-state index is -0.259. The van der Waals surface area contributed by atoms with Crippen molar-refractivity contribution < 1.29 is 4.79 Å². The zero-order valence-electron chi connectivity index (χ0n) is 8.20. The number of carbonyl (C=O) groups excluding carboxylic acids is 1. The van der Waals surface area contributed by atoms with E-state index in [1.54, 1.807) is 0 Å². The van der Waals surface area contributed by atoms with Crippen LogP contribution in [0.5, 0.6) is 0 Å². The molecule has 1 rings (SSSR count). The lowest BCUT2D eigenvalue weighted by atomic mass is 10.0. The zero-order chi connectivity index (χ0) is 9.84. The molecule has 76 valence electrons. The maximum absolute atomic E-state index is 10.7. The molecule has 0 aromatic heterocycles. The lowest BCUT2D eigenvalue weighted by Gasteiger charge is -2.27. The molecule has 4 nitrogen and oxygen atoms in total. The number of primary amides is 1. The number of hydrogen-bond donors (Lipinski definition) is 2. The van der Waals surface area contributed by atoms with Crippen LogP contribution >= 0.6 is 0 Å². The van der Waals surface area contributed by atoms with Gasteiger partial charge in [-0.2, -0.15) is 0 Å². The molecule has 0 spiro atoms. The Morgan fingerprint density at radius 3 is 2.77 bits per heavy atom. The smallest absolute Gasteiger partial charge is 0.231 e. The first-order valence-corrected chi connectivity index (χ1v) is 4.83. The van der Waals surface area contributed by atoms with Crippen molar-refractivity contribution in [3.8, 4) is 0 Å². The highest BCUT2D eigenvalue weighted by molar-refractivity contribution is 5.75. The van der Waals surface area contributed by atoms with E-state index in [1.165, 1.54) is 12.8 Å². The van der Waals surface area contributed by atoms with Crippen molar-refractivity contribution in [2.75, 3.05) is 20.1 Å². The van der Waals surface area contributed by atoms with Crippen LogP contribution in [0.2, 0.25) is 0 Å². The highest BCUT2D eigenvalue weighted by Gasteiger charge is 2.29. The van der Waals surface area contributed by atoms with E-state index in [2.05, 4.69) is 0 Å². The number of likely N-dealkylation sites (N-methyl/N-ethyl adjacent to an activating group) is 1. The molecule has 0 aromatic rings. The van der Waals surface area contributed by atoms with Crippen molar-refractivity contribution in [3.05, 3.63) is 0 Å².